The van der Waals surface area contributed by atoms with Crippen molar-refractivity contribution in [1.29, 1.82) is 0 Å². The molecule has 11 nitrogen and oxygen atoms in total. The molecule has 0 aliphatic carbocycles. The van der Waals surface area contributed by atoms with Crippen LogP contribution in [0.2, 0.25) is 0 Å². The monoisotopic (exact) mass is 714 g/mol. The number of Topliss-reactive ketones (excluding diaryl/α,β-unsaturated/α-hetero) is 1. The van der Waals surface area contributed by atoms with Crippen LogP contribution in [0.4, 0.5) is 16.2 Å². The van der Waals surface area contributed by atoms with Gasteiger partial charge in [-0.25, -0.2) is 4.79 Å². The number of methoxy groups -OCH3 is 1. The zero-order valence-corrected chi connectivity index (χ0v) is 28.4. The van der Waals surface area contributed by atoms with Gasteiger partial charge in [0.1, 0.15) is 18.1 Å². The Morgan fingerprint density at radius 3 is 2.31 bits per heavy atom. The van der Waals surface area contributed by atoms with Gasteiger partial charge in [-0.3, -0.25) is 24.6 Å². The number of carbonyl (C=O) groups is 5. The van der Waals surface area contributed by atoms with Crippen LogP contribution in [0.5, 0.6) is 5.75 Å². The van der Waals surface area contributed by atoms with E-state index in [0.29, 0.717) is 34.5 Å². The van der Waals surface area contributed by atoms with Gasteiger partial charge in [0.05, 0.1) is 43.8 Å². The van der Waals surface area contributed by atoms with Crippen molar-refractivity contribution in [3.05, 3.63) is 100 Å². The van der Waals surface area contributed by atoms with Crippen LogP contribution in [0, 0.1) is 0 Å². The molecule has 0 fully saturated rings. The van der Waals surface area contributed by atoms with Crippen molar-refractivity contribution in [1.82, 2.24) is 10.2 Å². The minimum atomic E-state index is -1.35. The largest absolute Gasteiger partial charge is 0.496 e. The lowest BCUT2D eigenvalue weighted by Gasteiger charge is -2.34. The number of hydrogen-bond acceptors (Lipinski definition) is 7. The lowest BCUT2D eigenvalue weighted by molar-refractivity contribution is -0.121. The van der Waals surface area contributed by atoms with Gasteiger partial charge >= 0.3 is 6.09 Å². The van der Waals surface area contributed by atoms with Crippen molar-refractivity contribution in [2.75, 3.05) is 23.5 Å². The summed E-state index contributed by atoms with van der Waals surface area (Å²) in [5.41, 5.74) is 2.40. The van der Waals surface area contributed by atoms with Crippen molar-refractivity contribution in [3.63, 3.8) is 0 Å². The number of rotatable bonds is 10. The van der Waals surface area contributed by atoms with Crippen LogP contribution < -0.4 is 19.9 Å². The molecule has 248 valence electrons. The molecule has 1 heterocycles. The Morgan fingerprint density at radius 1 is 1.02 bits per heavy atom. The smallest absolute Gasteiger partial charge is 0.409 e. The van der Waals surface area contributed by atoms with E-state index >= 15 is 0 Å². The summed E-state index contributed by atoms with van der Waals surface area (Å²) in [6.07, 6.45) is -1.83. The molecular formula is C36H35BrN4O7. The van der Waals surface area contributed by atoms with E-state index in [9.17, 15) is 29.1 Å². The molecule has 3 amide bonds. The third kappa shape index (κ3) is 6.80. The Balaban J connectivity index is 1.65. The first-order chi connectivity index (χ1) is 22.9. The first kappa shape index (κ1) is 34.3. The molecule has 0 bridgehead atoms. The van der Waals surface area contributed by atoms with Gasteiger partial charge in [-0.2, -0.15) is 0 Å². The number of para-hydroxylation sites is 2. The summed E-state index contributed by atoms with van der Waals surface area (Å²) >= 11 is 3.52. The number of nitrogens with one attached hydrogen (secondary N) is 1. The van der Waals surface area contributed by atoms with E-state index < -0.39 is 36.2 Å². The molecule has 1 aliphatic rings. The number of ether oxygens (including phenoxy) is 1. The maximum atomic E-state index is 14.7. The third-order valence-electron chi connectivity index (χ3n) is 8.48. The number of amides is 3. The fraction of sp³-hybridized carbons (Fsp3) is 0.250. The topological polar surface area (TPSA) is 137 Å². The molecule has 1 aliphatic heterocycles. The summed E-state index contributed by atoms with van der Waals surface area (Å²) in [5.74, 6) is -0.419. The molecule has 4 aromatic rings. The summed E-state index contributed by atoms with van der Waals surface area (Å²) in [7, 11) is 1.56. The molecule has 12 heteroatoms. The molecule has 3 atom stereocenters. The van der Waals surface area contributed by atoms with Crippen LogP contribution in [-0.2, 0) is 16.1 Å². The maximum absolute atomic E-state index is 14.7. The van der Waals surface area contributed by atoms with E-state index in [2.05, 4.69) is 21.2 Å². The maximum Gasteiger partial charge on any atom is 0.409 e. The average molecular weight is 716 g/mol. The summed E-state index contributed by atoms with van der Waals surface area (Å²) in [5, 5.41) is 14.8. The van der Waals surface area contributed by atoms with Crippen LogP contribution in [0.3, 0.4) is 0 Å². The number of benzene rings is 4. The Hall–Kier alpha value is -5.07. The second-order valence-electron chi connectivity index (χ2n) is 11.5. The highest BCUT2D eigenvalue weighted by Gasteiger charge is 2.39. The van der Waals surface area contributed by atoms with Crippen LogP contribution in [0.25, 0.3) is 10.8 Å². The summed E-state index contributed by atoms with van der Waals surface area (Å²) < 4.78 is 6.64. The van der Waals surface area contributed by atoms with Crippen molar-refractivity contribution in [2.24, 2.45) is 0 Å². The number of anilines is 2. The van der Waals surface area contributed by atoms with Gasteiger partial charge < -0.3 is 24.4 Å². The molecule has 1 unspecified atom stereocenters. The predicted molar refractivity (Wildman–Crippen MR) is 186 cm³/mol. The van der Waals surface area contributed by atoms with E-state index in [1.54, 1.807) is 67.5 Å². The number of aldehydes is 1. The van der Waals surface area contributed by atoms with Gasteiger partial charge in [0.25, 0.3) is 5.91 Å². The Kier molecular flexibility index (Phi) is 10.3. The zero-order valence-electron chi connectivity index (χ0n) is 26.8. The van der Waals surface area contributed by atoms with Crippen LogP contribution in [0.1, 0.15) is 47.1 Å². The molecule has 0 aromatic heterocycles. The highest BCUT2D eigenvalue weighted by Crippen LogP contribution is 2.38. The van der Waals surface area contributed by atoms with Gasteiger partial charge in [0, 0.05) is 21.2 Å². The zero-order chi connectivity index (χ0) is 34.7. The van der Waals surface area contributed by atoms with Crippen molar-refractivity contribution in [3.8, 4) is 5.75 Å². The Morgan fingerprint density at radius 2 is 1.69 bits per heavy atom. The van der Waals surface area contributed by atoms with Crippen LogP contribution in [0.15, 0.2) is 83.3 Å². The average Bonchev–Trinajstić information content (AvgIpc) is 3.18. The van der Waals surface area contributed by atoms with E-state index in [1.165, 1.54) is 18.7 Å². The first-order valence-corrected chi connectivity index (χ1v) is 16.1. The molecule has 2 N–H and O–H groups in total. The van der Waals surface area contributed by atoms with Gasteiger partial charge in [-0.1, -0.05) is 52.3 Å². The Labute approximate surface area is 286 Å². The second kappa shape index (κ2) is 14.4. The molecule has 0 radical (unpaired) electrons. The third-order valence-corrected chi connectivity index (χ3v) is 8.97. The quantitative estimate of drug-likeness (QED) is 0.118. The summed E-state index contributed by atoms with van der Waals surface area (Å²) in [4.78, 5) is 68.6. The molecule has 48 heavy (non-hydrogen) atoms. The van der Waals surface area contributed by atoms with E-state index in [0.717, 1.165) is 25.7 Å². The standard InChI is InChI=1S/C36H35BrN4O7/c1-21(20-42)41(36(46)47)23(3)38-30-19-40(34(44)25-11-9-24(10-12-25)22(2)43)32-8-6-5-7-31(32)39(35(30)45)18-29-28-15-14-27(37)17-26(28)13-16-33(29)48-4/h5-17,20-21,23,30,38H,18-19H2,1-4H3,(H,46,47)/t21?,23-,30-/m0/s1. The molecular weight excluding hydrogens is 680 g/mol. The van der Waals surface area contributed by atoms with Gasteiger partial charge in [0.2, 0.25) is 5.91 Å². The molecule has 0 saturated heterocycles. The van der Waals surface area contributed by atoms with Gasteiger partial charge in [-0.05, 0) is 74.0 Å². The predicted octanol–water partition coefficient (Wildman–Crippen LogP) is 5.88. The number of carbonyl (C=O) groups excluding carboxylic acids is 4. The van der Waals surface area contributed by atoms with Gasteiger partial charge in [-0.15, -0.1) is 0 Å². The van der Waals surface area contributed by atoms with Crippen molar-refractivity contribution >= 4 is 68.1 Å². The molecule has 5 rings (SSSR count). The van der Waals surface area contributed by atoms with Crippen molar-refractivity contribution < 1.29 is 33.8 Å². The van der Waals surface area contributed by atoms with E-state index in [-0.39, 0.29) is 18.9 Å². The summed E-state index contributed by atoms with van der Waals surface area (Å²) in [6, 6.07) is 20.8. The number of hydrogen-bond donors (Lipinski definition) is 2. The lowest BCUT2D eigenvalue weighted by atomic mass is 10.0. The number of halogens is 1. The van der Waals surface area contributed by atoms with Crippen LogP contribution in [-0.4, -0.2) is 71.9 Å². The number of fused-ring (bicyclic) bond motifs is 2. The lowest BCUT2D eigenvalue weighted by Crippen LogP contribution is -2.59. The minimum absolute atomic E-state index is 0.0628. The SMILES string of the molecule is COc1ccc2cc(Br)ccc2c1CN1C(=O)[C@@H](N[C@H](C)N(C(=O)O)C(C)C=O)CN(C(=O)c2ccc(C(C)=O)cc2)c2ccccc21. The fourth-order valence-electron chi connectivity index (χ4n) is 6.06. The molecule has 4 aromatic carbocycles. The van der Waals surface area contributed by atoms with Gasteiger partial charge in [0.15, 0.2) is 5.78 Å². The number of nitrogens with zero attached hydrogens (tertiary/aromatic N) is 3. The number of carboxylic acid groups (broad SMARTS) is 1. The normalized spacial score (nSPS) is 15.7. The highest BCUT2D eigenvalue weighted by molar-refractivity contribution is 9.10. The summed E-state index contributed by atoms with van der Waals surface area (Å²) in [6.45, 7) is 4.33. The fourth-order valence-corrected chi connectivity index (χ4v) is 6.44. The second-order valence-corrected chi connectivity index (χ2v) is 12.5. The molecule has 0 spiro atoms. The molecule has 0 saturated carbocycles. The van der Waals surface area contributed by atoms with Crippen molar-refractivity contribution in [2.45, 2.75) is 45.6 Å². The minimum Gasteiger partial charge on any atom is -0.496 e. The Bertz CT molecular complexity index is 1900. The highest BCUT2D eigenvalue weighted by atomic mass is 79.9. The van der Waals surface area contributed by atoms with Crippen LogP contribution >= 0.6 is 15.9 Å². The first-order valence-electron chi connectivity index (χ1n) is 15.3. The van der Waals surface area contributed by atoms with E-state index in [4.69, 9.17) is 4.74 Å². The van der Waals surface area contributed by atoms with E-state index in [1.807, 2.05) is 30.3 Å². The number of ketones is 1.